The fraction of sp³-hybridized carbons (Fsp3) is 0.316. The highest BCUT2D eigenvalue weighted by molar-refractivity contribution is 6.26. The minimum atomic E-state index is -0.528. The number of amides is 3. The molecule has 0 bridgehead atoms. The molecule has 0 saturated carbocycles. The van der Waals surface area contributed by atoms with E-state index in [-0.39, 0.29) is 51.2 Å². The molecule has 0 atom stereocenters. The number of hydrogen-bond donors (Lipinski definition) is 3. The van der Waals surface area contributed by atoms with E-state index in [0.717, 1.165) is 0 Å². The summed E-state index contributed by atoms with van der Waals surface area (Å²) in [5.41, 5.74) is 8.90. The van der Waals surface area contributed by atoms with Crippen LogP contribution in [0.15, 0.2) is 30.3 Å². The molecule has 9 nitrogen and oxygen atoms in total. The minimum Gasteiger partial charge on any atom is -0.398 e. The van der Waals surface area contributed by atoms with Crippen molar-refractivity contribution in [2.24, 2.45) is 0 Å². The van der Waals surface area contributed by atoms with E-state index in [4.69, 9.17) is 20.4 Å². The molecule has 0 aromatic heterocycles. The molecule has 0 spiro atoms. The molecule has 0 aliphatic carbocycles. The van der Waals surface area contributed by atoms with Crippen LogP contribution in [0.2, 0.25) is 0 Å². The van der Waals surface area contributed by atoms with Gasteiger partial charge >= 0.3 is 0 Å². The maximum atomic E-state index is 12.7. The van der Waals surface area contributed by atoms with Crippen molar-refractivity contribution in [1.82, 2.24) is 10.4 Å². The SMILES string of the molecule is Nc1ccc2c3c(cccc13)C(=O)N(CCOCCOCCC(=O)NO)C2=O. The van der Waals surface area contributed by atoms with E-state index >= 15 is 0 Å². The number of carbonyl (C=O) groups is 3. The fourth-order valence-corrected chi connectivity index (χ4v) is 3.07. The van der Waals surface area contributed by atoms with Crippen LogP contribution in [-0.2, 0) is 14.3 Å². The molecule has 4 N–H and O–H groups in total. The zero-order valence-electron chi connectivity index (χ0n) is 15.1. The highest BCUT2D eigenvalue weighted by Crippen LogP contribution is 2.32. The standard InChI is InChI=1S/C19H21N3O6/c20-15-5-4-14-17-12(15)2-1-3-13(17)18(24)22(19(14)25)7-9-28-11-10-27-8-6-16(23)21-26/h1-5,26H,6-11,20H2,(H,21,23). The smallest absolute Gasteiger partial charge is 0.261 e. The largest absolute Gasteiger partial charge is 0.398 e. The summed E-state index contributed by atoms with van der Waals surface area (Å²) in [7, 11) is 0. The van der Waals surface area contributed by atoms with Gasteiger partial charge in [-0.3, -0.25) is 24.5 Å². The molecule has 1 aliphatic rings. The quantitative estimate of drug-likeness (QED) is 0.192. The van der Waals surface area contributed by atoms with Crippen LogP contribution in [0.5, 0.6) is 0 Å². The van der Waals surface area contributed by atoms with E-state index in [0.29, 0.717) is 27.6 Å². The van der Waals surface area contributed by atoms with E-state index in [1.807, 2.05) is 0 Å². The van der Waals surface area contributed by atoms with Gasteiger partial charge in [0.1, 0.15) is 0 Å². The Labute approximate surface area is 161 Å². The number of nitrogens with two attached hydrogens (primary N) is 1. The monoisotopic (exact) mass is 387 g/mol. The van der Waals surface area contributed by atoms with Crippen molar-refractivity contribution in [2.75, 3.05) is 38.7 Å². The number of hydroxylamine groups is 1. The number of hydrogen-bond acceptors (Lipinski definition) is 7. The predicted molar refractivity (Wildman–Crippen MR) is 99.9 cm³/mol. The first-order valence-corrected chi connectivity index (χ1v) is 8.80. The number of benzene rings is 2. The summed E-state index contributed by atoms with van der Waals surface area (Å²) in [5, 5.41) is 9.64. The van der Waals surface area contributed by atoms with Gasteiger partial charge in [-0.1, -0.05) is 12.1 Å². The lowest BCUT2D eigenvalue weighted by atomic mass is 9.93. The summed E-state index contributed by atoms with van der Waals surface area (Å²) in [5.74, 6) is -1.27. The number of imide groups is 1. The lowest BCUT2D eigenvalue weighted by molar-refractivity contribution is -0.130. The topological polar surface area (TPSA) is 131 Å². The summed E-state index contributed by atoms with van der Waals surface area (Å²) in [6.45, 7) is 0.938. The molecule has 2 aromatic rings. The van der Waals surface area contributed by atoms with Crippen molar-refractivity contribution in [3.63, 3.8) is 0 Å². The Kier molecular flexibility index (Phi) is 6.19. The molecular weight excluding hydrogens is 366 g/mol. The third-order valence-electron chi connectivity index (χ3n) is 4.45. The lowest BCUT2D eigenvalue weighted by Gasteiger charge is -2.27. The third kappa shape index (κ3) is 3.96. The number of nitrogen functional groups attached to an aromatic ring is 1. The summed E-state index contributed by atoms with van der Waals surface area (Å²) < 4.78 is 10.6. The molecular formula is C19H21N3O6. The zero-order chi connectivity index (χ0) is 20.1. The summed E-state index contributed by atoms with van der Waals surface area (Å²) in [6.07, 6.45) is 0.0444. The van der Waals surface area contributed by atoms with Gasteiger partial charge in [0.25, 0.3) is 11.8 Å². The third-order valence-corrected chi connectivity index (χ3v) is 4.45. The van der Waals surface area contributed by atoms with Crippen LogP contribution in [-0.4, -0.2) is 60.8 Å². The van der Waals surface area contributed by atoms with Crippen molar-refractivity contribution < 1.29 is 29.1 Å². The molecule has 28 heavy (non-hydrogen) atoms. The molecule has 9 heteroatoms. The number of carbonyl (C=O) groups excluding carboxylic acids is 3. The number of ether oxygens (including phenoxy) is 2. The average molecular weight is 387 g/mol. The molecule has 0 saturated heterocycles. The molecule has 3 amide bonds. The first-order chi connectivity index (χ1) is 13.5. The van der Waals surface area contributed by atoms with Crippen LogP contribution in [0, 0.1) is 0 Å². The average Bonchev–Trinajstić information content (AvgIpc) is 2.71. The van der Waals surface area contributed by atoms with Crippen LogP contribution >= 0.6 is 0 Å². The second-order valence-corrected chi connectivity index (χ2v) is 6.20. The van der Waals surface area contributed by atoms with E-state index in [9.17, 15) is 14.4 Å². The molecule has 0 fully saturated rings. The van der Waals surface area contributed by atoms with Gasteiger partial charge in [0.15, 0.2) is 0 Å². The number of nitrogens with zero attached hydrogens (tertiary/aromatic N) is 1. The lowest BCUT2D eigenvalue weighted by Crippen LogP contribution is -2.42. The summed E-state index contributed by atoms with van der Waals surface area (Å²) in [4.78, 5) is 37.5. The van der Waals surface area contributed by atoms with Crippen molar-refractivity contribution >= 4 is 34.2 Å². The van der Waals surface area contributed by atoms with Gasteiger partial charge in [-0.05, 0) is 18.2 Å². The highest BCUT2D eigenvalue weighted by atomic mass is 16.5. The van der Waals surface area contributed by atoms with Gasteiger partial charge in [0, 0.05) is 27.6 Å². The Morgan fingerprint density at radius 2 is 1.68 bits per heavy atom. The van der Waals surface area contributed by atoms with Crippen LogP contribution in [0.1, 0.15) is 27.1 Å². The van der Waals surface area contributed by atoms with E-state index in [1.165, 1.54) is 10.4 Å². The molecule has 0 unspecified atom stereocenters. The first-order valence-electron chi connectivity index (χ1n) is 8.80. The van der Waals surface area contributed by atoms with Crippen LogP contribution in [0.3, 0.4) is 0 Å². The molecule has 3 rings (SSSR count). The van der Waals surface area contributed by atoms with Crippen molar-refractivity contribution in [3.8, 4) is 0 Å². The maximum Gasteiger partial charge on any atom is 0.261 e. The second-order valence-electron chi connectivity index (χ2n) is 6.20. The second kappa shape index (κ2) is 8.79. The highest BCUT2D eigenvalue weighted by Gasteiger charge is 2.32. The van der Waals surface area contributed by atoms with Gasteiger partial charge in [-0.25, -0.2) is 5.48 Å². The van der Waals surface area contributed by atoms with Crippen LogP contribution in [0.4, 0.5) is 5.69 Å². The van der Waals surface area contributed by atoms with Gasteiger partial charge < -0.3 is 15.2 Å². The Balaban J connectivity index is 1.54. The summed E-state index contributed by atoms with van der Waals surface area (Å²) in [6, 6.07) is 8.53. The van der Waals surface area contributed by atoms with Crippen molar-refractivity contribution in [2.45, 2.75) is 6.42 Å². The molecule has 0 radical (unpaired) electrons. The number of rotatable bonds is 9. The van der Waals surface area contributed by atoms with Gasteiger partial charge in [0.2, 0.25) is 5.91 Å². The summed E-state index contributed by atoms with van der Waals surface area (Å²) >= 11 is 0. The predicted octanol–water partition coefficient (Wildman–Crippen LogP) is 0.947. The van der Waals surface area contributed by atoms with Crippen LogP contribution in [0.25, 0.3) is 10.8 Å². The van der Waals surface area contributed by atoms with E-state index in [2.05, 4.69) is 0 Å². The Morgan fingerprint density at radius 3 is 2.39 bits per heavy atom. The Morgan fingerprint density at radius 1 is 1.00 bits per heavy atom. The molecule has 1 aliphatic heterocycles. The van der Waals surface area contributed by atoms with Crippen molar-refractivity contribution in [3.05, 3.63) is 41.5 Å². The van der Waals surface area contributed by atoms with Gasteiger partial charge in [-0.2, -0.15) is 0 Å². The van der Waals surface area contributed by atoms with E-state index < -0.39 is 5.91 Å². The number of anilines is 1. The molecule has 1 heterocycles. The zero-order valence-corrected chi connectivity index (χ0v) is 15.1. The van der Waals surface area contributed by atoms with Gasteiger partial charge in [-0.15, -0.1) is 0 Å². The van der Waals surface area contributed by atoms with Gasteiger partial charge in [0.05, 0.1) is 39.4 Å². The first kappa shape index (κ1) is 19.7. The number of nitrogens with one attached hydrogen (secondary N) is 1. The Hall–Kier alpha value is -3.01. The minimum absolute atomic E-state index is 0.0444. The Bertz CT molecular complexity index is 892. The molecule has 2 aromatic carbocycles. The maximum absolute atomic E-state index is 12.7. The van der Waals surface area contributed by atoms with Crippen LogP contribution < -0.4 is 11.2 Å². The fourth-order valence-electron chi connectivity index (χ4n) is 3.07. The van der Waals surface area contributed by atoms with Crippen molar-refractivity contribution in [1.29, 1.82) is 0 Å². The van der Waals surface area contributed by atoms with E-state index in [1.54, 1.807) is 30.3 Å². The normalized spacial score (nSPS) is 13.2. The molecule has 148 valence electrons.